The van der Waals surface area contributed by atoms with Crippen molar-refractivity contribution in [3.05, 3.63) is 0 Å². The summed E-state index contributed by atoms with van der Waals surface area (Å²) in [7, 11) is 0. The molecular weight excluding hydrogens is 344 g/mol. The third-order valence-electron chi connectivity index (χ3n) is 4.33. The average Bonchev–Trinajstić information content (AvgIpc) is 3.07. The van der Waals surface area contributed by atoms with E-state index in [4.69, 9.17) is 15.9 Å². The minimum atomic E-state index is -1.17. The Morgan fingerprint density at radius 3 is 2.31 bits per heavy atom. The maximum atomic E-state index is 12.9. The molecular formula is C16H28N4O6. The van der Waals surface area contributed by atoms with Gasteiger partial charge in [-0.15, -0.1) is 0 Å². The molecule has 10 nitrogen and oxygen atoms in total. The predicted octanol–water partition coefficient (Wildman–Crippen LogP) is -1.97. The van der Waals surface area contributed by atoms with E-state index >= 15 is 0 Å². The molecule has 0 radical (unpaired) electrons. The molecule has 1 fully saturated rings. The SMILES string of the molecule is CC(NC(=O)C1CCCN1C(=O)C(NC(=O)C(N)CO)C(C)C)C(=O)O. The van der Waals surface area contributed by atoms with E-state index in [0.29, 0.717) is 19.4 Å². The van der Waals surface area contributed by atoms with Crippen molar-refractivity contribution >= 4 is 23.7 Å². The fourth-order valence-corrected chi connectivity index (χ4v) is 2.71. The maximum Gasteiger partial charge on any atom is 0.325 e. The van der Waals surface area contributed by atoms with Crippen LogP contribution in [0.3, 0.4) is 0 Å². The van der Waals surface area contributed by atoms with Crippen LogP contribution in [0.4, 0.5) is 0 Å². The van der Waals surface area contributed by atoms with Crippen LogP contribution in [0.5, 0.6) is 0 Å². The van der Waals surface area contributed by atoms with Gasteiger partial charge in [0.2, 0.25) is 17.7 Å². The molecule has 4 unspecified atom stereocenters. The number of nitrogens with two attached hydrogens (primary N) is 1. The molecule has 0 spiro atoms. The van der Waals surface area contributed by atoms with Gasteiger partial charge in [-0.1, -0.05) is 13.8 Å². The number of hydrogen-bond donors (Lipinski definition) is 5. The van der Waals surface area contributed by atoms with Crippen LogP contribution < -0.4 is 16.4 Å². The second kappa shape index (κ2) is 9.48. The number of aliphatic hydroxyl groups is 1. The zero-order valence-corrected chi connectivity index (χ0v) is 15.3. The summed E-state index contributed by atoms with van der Waals surface area (Å²) in [6.07, 6.45) is 1.01. The smallest absolute Gasteiger partial charge is 0.325 e. The zero-order valence-electron chi connectivity index (χ0n) is 15.3. The van der Waals surface area contributed by atoms with Crippen LogP contribution in [-0.2, 0) is 19.2 Å². The monoisotopic (exact) mass is 372 g/mol. The molecule has 1 saturated heterocycles. The average molecular weight is 372 g/mol. The van der Waals surface area contributed by atoms with Crippen molar-refractivity contribution in [1.29, 1.82) is 0 Å². The van der Waals surface area contributed by atoms with Gasteiger partial charge in [0.15, 0.2) is 0 Å². The first kappa shape index (κ1) is 21.8. The minimum Gasteiger partial charge on any atom is -0.480 e. The molecule has 0 aliphatic carbocycles. The molecule has 0 bridgehead atoms. The Morgan fingerprint density at radius 1 is 1.19 bits per heavy atom. The molecule has 6 N–H and O–H groups in total. The van der Waals surface area contributed by atoms with E-state index in [9.17, 15) is 19.2 Å². The molecule has 3 amide bonds. The minimum absolute atomic E-state index is 0.264. The number of nitrogens with one attached hydrogen (secondary N) is 2. The van der Waals surface area contributed by atoms with Crippen LogP contribution in [0.1, 0.15) is 33.6 Å². The van der Waals surface area contributed by atoms with Crippen molar-refractivity contribution in [2.24, 2.45) is 11.7 Å². The van der Waals surface area contributed by atoms with Gasteiger partial charge in [0, 0.05) is 6.54 Å². The third kappa shape index (κ3) is 5.40. The third-order valence-corrected chi connectivity index (χ3v) is 4.33. The number of hydrogen-bond acceptors (Lipinski definition) is 6. The zero-order chi connectivity index (χ0) is 20.0. The van der Waals surface area contributed by atoms with Gasteiger partial charge in [-0.3, -0.25) is 19.2 Å². The van der Waals surface area contributed by atoms with E-state index in [2.05, 4.69) is 10.6 Å². The highest BCUT2D eigenvalue weighted by molar-refractivity contribution is 5.94. The number of carboxylic acids is 1. The van der Waals surface area contributed by atoms with E-state index in [1.54, 1.807) is 13.8 Å². The van der Waals surface area contributed by atoms with Crippen LogP contribution in [0.15, 0.2) is 0 Å². The highest BCUT2D eigenvalue weighted by Crippen LogP contribution is 2.20. The van der Waals surface area contributed by atoms with Crippen LogP contribution in [0, 0.1) is 5.92 Å². The van der Waals surface area contributed by atoms with Gasteiger partial charge in [0.25, 0.3) is 0 Å². The number of likely N-dealkylation sites (tertiary alicyclic amines) is 1. The Bertz CT molecular complexity index is 553. The van der Waals surface area contributed by atoms with Crippen LogP contribution in [-0.4, -0.2) is 76.1 Å². The number of nitrogens with zero attached hydrogens (tertiary/aromatic N) is 1. The molecule has 26 heavy (non-hydrogen) atoms. The number of carboxylic acid groups (broad SMARTS) is 1. The standard InChI is InChI=1S/C16H28N4O6/c1-8(2)12(19-13(22)10(17)7-21)15(24)20-6-4-5-11(20)14(23)18-9(3)16(25)26/h8-12,21H,4-7,17H2,1-3H3,(H,18,23)(H,19,22)(H,25,26). The second-order valence-corrected chi connectivity index (χ2v) is 6.78. The summed E-state index contributed by atoms with van der Waals surface area (Å²) in [6.45, 7) is 4.61. The Balaban J connectivity index is 2.87. The largest absolute Gasteiger partial charge is 0.480 e. The Kier molecular flexibility index (Phi) is 7.97. The molecule has 0 aromatic rings. The van der Waals surface area contributed by atoms with Crippen molar-refractivity contribution in [3.8, 4) is 0 Å². The van der Waals surface area contributed by atoms with Crippen molar-refractivity contribution < 1.29 is 29.4 Å². The summed E-state index contributed by atoms with van der Waals surface area (Å²) in [4.78, 5) is 49.4. The molecule has 0 saturated carbocycles. The number of carbonyl (C=O) groups excluding carboxylic acids is 3. The van der Waals surface area contributed by atoms with Gasteiger partial charge in [0.1, 0.15) is 24.2 Å². The summed E-state index contributed by atoms with van der Waals surface area (Å²) in [5.41, 5.74) is 5.47. The van der Waals surface area contributed by atoms with Gasteiger partial charge < -0.3 is 31.5 Å². The highest BCUT2D eigenvalue weighted by atomic mass is 16.4. The van der Waals surface area contributed by atoms with E-state index in [-0.39, 0.29) is 5.92 Å². The lowest BCUT2D eigenvalue weighted by Crippen LogP contribution is -2.58. The van der Waals surface area contributed by atoms with E-state index in [0.717, 1.165) is 0 Å². The summed E-state index contributed by atoms with van der Waals surface area (Å²) in [5.74, 6) is -3.05. The summed E-state index contributed by atoms with van der Waals surface area (Å²) in [5, 5.41) is 22.8. The first-order valence-electron chi connectivity index (χ1n) is 8.60. The molecule has 148 valence electrons. The molecule has 0 aromatic carbocycles. The molecule has 10 heteroatoms. The quantitative estimate of drug-likeness (QED) is 0.330. The fraction of sp³-hybridized carbons (Fsp3) is 0.750. The summed E-state index contributed by atoms with van der Waals surface area (Å²) < 4.78 is 0. The lowest BCUT2D eigenvalue weighted by atomic mass is 10.0. The second-order valence-electron chi connectivity index (χ2n) is 6.78. The molecule has 1 aliphatic rings. The van der Waals surface area contributed by atoms with E-state index in [1.807, 2.05) is 0 Å². The summed E-state index contributed by atoms with van der Waals surface area (Å²) in [6, 6.07) is -3.89. The number of carbonyl (C=O) groups is 4. The normalized spacial score (nSPS) is 20.4. The highest BCUT2D eigenvalue weighted by Gasteiger charge is 2.39. The Hall–Kier alpha value is -2.20. The number of amides is 3. The van der Waals surface area contributed by atoms with Gasteiger partial charge in [-0.25, -0.2) is 0 Å². The fourth-order valence-electron chi connectivity index (χ4n) is 2.71. The Labute approximate surface area is 152 Å². The molecule has 1 rings (SSSR count). The Morgan fingerprint density at radius 2 is 1.81 bits per heavy atom. The molecule has 4 atom stereocenters. The van der Waals surface area contributed by atoms with Crippen LogP contribution >= 0.6 is 0 Å². The number of aliphatic carboxylic acids is 1. The first-order valence-corrected chi connectivity index (χ1v) is 8.60. The molecule has 1 aliphatic heterocycles. The van der Waals surface area contributed by atoms with Crippen molar-refractivity contribution in [2.45, 2.75) is 57.8 Å². The number of aliphatic hydroxyl groups excluding tert-OH is 1. The van der Waals surface area contributed by atoms with Crippen LogP contribution in [0.25, 0.3) is 0 Å². The molecule has 0 aromatic heterocycles. The lowest BCUT2D eigenvalue weighted by molar-refractivity contribution is -0.145. The van der Waals surface area contributed by atoms with Gasteiger partial charge >= 0.3 is 5.97 Å². The van der Waals surface area contributed by atoms with Crippen molar-refractivity contribution in [2.75, 3.05) is 13.2 Å². The van der Waals surface area contributed by atoms with E-state index in [1.165, 1.54) is 11.8 Å². The van der Waals surface area contributed by atoms with E-state index < -0.39 is 54.5 Å². The number of rotatable bonds is 8. The van der Waals surface area contributed by atoms with Gasteiger partial charge in [0.05, 0.1) is 6.61 Å². The van der Waals surface area contributed by atoms with Crippen molar-refractivity contribution in [3.63, 3.8) is 0 Å². The lowest BCUT2D eigenvalue weighted by Gasteiger charge is -2.31. The van der Waals surface area contributed by atoms with Crippen molar-refractivity contribution in [1.82, 2.24) is 15.5 Å². The topological polar surface area (TPSA) is 162 Å². The van der Waals surface area contributed by atoms with Gasteiger partial charge in [-0.05, 0) is 25.7 Å². The molecule has 1 heterocycles. The maximum absolute atomic E-state index is 12.9. The van der Waals surface area contributed by atoms with Crippen LogP contribution in [0.2, 0.25) is 0 Å². The summed E-state index contributed by atoms with van der Waals surface area (Å²) >= 11 is 0. The van der Waals surface area contributed by atoms with Gasteiger partial charge in [-0.2, -0.15) is 0 Å². The first-order chi connectivity index (χ1) is 12.1. The predicted molar refractivity (Wildman–Crippen MR) is 91.8 cm³/mol.